The van der Waals surface area contributed by atoms with E-state index in [1.807, 2.05) is 32.0 Å². The van der Waals surface area contributed by atoms with Crippen LogP contribution in [0.25, 0.3) is 0 Å². The third-order valence-electron chi connectivity index (χ3n) is 3.30. The molecule has 112 valence electrons. The summed E-state index contributed by atoms with van der Waals surface area (Å²) < 4.78 is 0.918. The zero-order valence-corrected chi connectivity index (χ0v) is 14.1. The Labute approximate surface area is 132 Å². The van der Waals surface area contributed by atoms with E-state index in [1.165, 1.54) is 0 Å². The van der Waals surface area contributed by atoms with Gasteiger partial charge < -0.3 is 5.32 Å². The Balaban J connectivity index is 2.10. The average molecular weight is 351 g/mol. The SMILES string of the molecule is Cc1ccc(Br)cc1NC(=O)Nc1n[nH]c(C(C)C)c1C. The zero-order chi connectivity index (χ0) is 15.6. The molecule has 3 N–H and O–H groups in total. The van der Waals surface area contributed by atoms with Crippen molar-refractivity contribution in [3.8, 4) is 0 Å². The predicted molar refractivity (Wildman–Crippen MR) is 88.9 cm³/mol. The molecular formula is C15H19BrN4O. The predicted octanol–water partition coefficient (Wildman–Crippen LogP) is 4.56. The van der Waals surface area contributed by atoms with Crippen molar-refractivity contribution in [3.05, 3.63) is 39.5 Å². The molecule has 0 saturated heterocycles. The lowest BCUT2D eigenvalue weighted by Gasteiger charge is -2.10. The highest BCUT2D eigenvalue weighted by Crippen LogP contribution is 2.23. The fraction of sp³-hybridized carbons (Fsp3) is 0.333. The molecule has 2 amide bonds. The number of hydrogen-bond acceptors (Lipinski definition) is 2. The molecule has 0 saturated carbocycles. The number of carbonyl (C=O) groups excluding carboxylic acids is 1. The summed E-state index contributed by atoms with van der Waals surface area (Å²) in [5.41, 5.74) is 3.75. The van der Waals surface area contributed by atoms with Crippen LogP contribution in [-0.2, 0) is 0 Å². The molecule has 0 aliphatic carbocycles. The van der Waals surface area contributed by atoms with Crippen LogP contribution < -0.4 is 10.6 Å². The van der Waals surface area contributed by atoms with E-state index in [2.05, 4.69) is 50.6 Å². The average Bonchev–Trinajstić information content (AvgIpc) is 2.75. The van der Waals surface area contributed by atoms with E-state index in [0.717, 1.165) is 27.0 Å². The van der Waals surface area contributed by atoms with Crippen LogP contribution in [0.4, 0.5) is 16.3 Å². The van der Waals surface area contributed by atoms with Gasteiger partial charge >= 0.3 is 6.03 Å². The number of nitrogens with zero attached hydrogens (tertiary/aromatic N) is 1. The highest BCUT2D eigenvalue weighted by molar-refractivity contribution is 9.10. The van der Waals surface area contributed by atoms with Gasteiger partial charge in [-0.25, -0.2) is 4.79 Å². The standard InChI is InChI=1S/C15H19BrN4O/c1-8(2)13-10(4)14(20-19-13)18-15(21)17-12-7-11(16)6-5-9(12)3/h5-8H,1-4H3,(H3,17,18,19,20,21). The van der Waals surface area contributed by atoms with Gasteiger partial charge in [0.25, 0.3) is 0 Å². The summed E-state index contributed by atoms with van der Waals surface area (Å²) in [5.74, 6) is 0.896. The number of aromatic amines is 1. The van der Waals surface area contributed by atoms with Gasteiger partial charge in [-0.3, -0.25) is 10.4 Å². The van der Waals surface area contributed by atoms with Crippen LogP contribution in [0.3, 0.4) is 0 Å². The first kappa shape index (κ1) is 15.6. The minimum absolute atomic E-state index is 0.305. The second kappa shape index (κ2) is 6.30. The van der Waals surface area contributed by atoms with Gasteiger partial charge in [-0.2, -0.15) is 5.10 Å². The number of urea groups is 1. The van der Waals surface area contributed by atoms with Crippen LogP contribution >= 0.6 is 15.9 Å². The van der Waals surface area contributed by atoms with Crippen molar-refractivity contribution in [3.63, 3.8) is 0 Å². The van der Waals surface area contributed by atoms with Gasteiger partial charge in [-0.15, -0.1) is 0 Å². The highest BCUT2D eigenvalue weighted by Gasteiger charge is 2.14. The Hall–Kier alpha value is -1.82. The first-order chi connectivity index (χ1) is 9.88. The molecule has 5 nitrogen and oxygen atoms in total. The summed E-state index contributed by atoms with van der Waals surface area (Å²) in [6.45, 7) is 8.04. The van der Waals surface area contributed by atoms with Crippen LogP contribution in [0, 0.1) is 13.8 Å². The third-order valence-corrected chi connectivity index (χ3v) is 3.80. The lowest BCUT2D eigenvalue weighted by Crippen LogP contribution is -2.20. The van der Waals surface area contributed by atoms with E-state index in [-0.39, 0.29) is 6.03 Å². The van der Waals surface area contributed by atoms with E-state index in [0.29, 0.717) is 11.7 Å². The molecule has 0 aliphatic rings. The Kier molecular flexibility index (Phi) is 4.67. The summed E-state index contributed by atoms with van der Waals surface area (Å²) in [4.78, 5) is 12.1. The lowest BCUT2D eigenvalue weighted by molar-refractivity contribution is 0.262. The molecule has 0 atom stereocenters. The normalized spacial score (nSPS) is 10.8. The number of anilines is 2. The van der Waals surface area contributed by atoms with Gasteiger partial charge in [0, 0.05) is 21.4 Å². The van der Waals surface area contributed by atoms with Crippen LogP contribution in [0.5, 0.6) is 0 Å². The maximum absolute atomic E-state index is 12.1. The molecule has 0 unspecified atom stereocenters. The Bertz CT molecular complexity index is 664. The van der Waals surface area contributed by atoms with Gasteiger partial charge in [-0.05, 0) is 37.5 Å². The quantitative estimate of drug-likeness (QED) is 0.759. The number of aryl methyl sites for hydroxylation is 1. The van der Waals surface area contributed by atoms with Gasteiger partial charge in [-0.1, -0.05) is 35.8 Å². The molecule has 0 radical (unpaired) electrons. The van der Waals surface area contributed by atoms with E-state index in [4.69, 9.17) is 0 Å². The summed E-state index contributed by atoms with van der Waals surface area (Å²) in [6, 6.07) is 5.44. The topological polar surface area (TPSA) is 69.8 Å². The number of H-pyrrole nitrogens is 1. The summed E-state index contributed by atoms with van der Waals surface area (Å²) >= 11 is 3.39. The van der Waals surface area contributed by atoms with Gasteiger partial charge in [0.2, 0.25) is 0 Å². The number of benzene rings is 1. The molecule has 0 spiro atoms. The van der Waals surface area contributed by atoms with Crippen LogP contribution in [0.2, 0.25) is 0 Å². The Morgan fingerprint density at radius 1 is 1.29 bits per heavy atom. The molecule has 0 bridgehead atoms. The molecule has 1 aromatic heterocycles. The van der Waals surface area contributed by atoms with Crippen molar-refractivity contribution in [2.24, 2.45) is 0 Å². The minimum Gasteiger partial charge on any atom is -0.307 e. The van der Waals surface area contributed by atoms with Crippen LogP contribution in [-0.4, -0.2) is 16.2 Å². The molecule has 0 aliphatic heterocycles. The number of hydrogen-bond donors (Lipinski definition) is 3. The second-order valence-corrected chi connectivity index (χ2v) is 6.22. The van der Waals surface area contributed by atoms with E-state index in [1.54, 1.807) is 0 Å². The molecule has 1 aromatic carbocycles. The van der Waals surface area contributed by atoms with Crippen molar-refractivity contribution < 1.29 is 4.79 Å². The Morgan fingerprint density at radius 2 is 2.00 bits per heavy atom. The summed E-state index contributed by atoms with van der Waals surface area (Å²) in [7, 11) is 0. The molecule has 2 aromatic rings. The molecular weight excluding hydrogens is 332 g/mol. The van der Waals surface area contributed by atoms with E-state index < -0.39 is 0 Å². The van der Waals surface area contributed by atoms with Crippen LogP contribution in [0.15, 0.2) is 22.7 Å². The fourth-order valence-corrected chi connectivity index (χ4v) is 2.45. The van der Waals surface area contributed by atoms with Gasteiger partial charge in [0.15, 0.2) is 5.82 Å². The first-order valence-corrected chi connectivity index (χ1v) is 7.56. The number of rotatable bonds is 3. The van der Waals surface area contributed by atoms with Crippen molar-refractivity contribution in [2.45, 2.75) is 33.6 Å². The van der Waals surface area contributed by atoms with Crippen molar-refractivity contribution in [2.75, 3.05) is 10.6 Å². The largest absolute Gasteiger partial charge is 0.324 e. The van der Waals surface area contributed by atoms with Crippen molar-refractivity contribution in [1.29, 1.82) is 0 Å². The third kappa shape index (κ3) is 3.64. The molecule has 6 heteroatoms. The smallest absolute Gasteiger partial charge is 0.307 e. The van der Waals surface area contributed by atoms with Gasteiger partial charge in [0.05, 0.1) is 0 Å². The second-order valence-electron chi connectivity index (χ2n) is 5.30. The maximum Gasteiger partial charge on any atom is 0.324 e. The molecule has 1 heterocycles. The van der Waals surface area contributed by atoms with Crippen molar-refractivity contribution >= 4 is 33.5 Å². The zero-order valence-electron chi connectivity index (χ0n) is 12.5. The van der Waals surface area contributed by atoms with E-state index >= 15 is 0 Å². The summed E-state index contributed by atoms with van der Waals surface area (Å²) in [5, 5.41) is 12.7. The lowest BCUT2D eigenvalue weighted by atomic mass is 10.1. The number of aromatic nitrogens is 2. The highest BCUT2D eigenvalue weighted by atomic mass is 79.9. The minimum atomic E-state index is -0.305. The van der Waals surface area contributed by atoms with Crippen LogP contribution in [0.1, 0.15) is 36.6 Å². The van der Waals surface area contributed by atoms with Crippen molar-refractivity contribution in [1.82, 2.24) is 10.2 Å². The van der Waals surface area contributed by atoms with E-state index in [9.17, 15) is 4.79 Å². The number of nitrogens with one attached hydrogen (secondary N) is 3. The molecule has 21 heavy (non-hydrogen) atoms. The monoisotopic (exact) mass is 350 g/mol. The fourth-order valence-electron chi connectivity index (χ4n) is 2.09. The summed E-state index contributed by atoms with van der Waals surface area (Å²) in [6.07, 6.45) is 0. The molecule has 2 rings (SSSR count). The Morgan fingerprint density at radius 3 is 2.62 bits per heavy atom. The number of carbonyl (C=O) groups is 1. The molecule has 0 fully saturated rings. The first-order valence-electron chi connectivity index (χ1n) is 6.77. The number of halogens is 1. The van der Waals surface area contributed by atoms with Gasteiger partial charge in [0.1, 0.15) is 0 Å². The maximum atomic E-state index is 12.1. The number of amides is 2.